The number of hydrogen-bond donors (Lipinski definition) is 0. The van der Waals surface area contributed by atoms with Gasteiger partial charge in [-0.25, -0.2) is 0 Å². The van der Waals surface area contributed by atoms with E-state index < -0.39 is 0 Å². The van der Waals surface area contributed by atoms with Crippen molar-refractivity contribution in [2.75, 3.05) is 0 Å². The van der Waals surface area contributed by atoms with Gasteiger partial charge in [0.15, 0.2) is 0 Å². The molecule has 0 aromatic rings. The lowest BCUT2D eigenvalue weighted by atomic mass is 9.68. The lowest BCUT2D eigenvalue weighted by Gasteiger charge is -2.36. The smallest absolute Gasteiger partial charge is 0.00955 e. The average molecular weight is 421 g/mol. The summed E-state index contributed by atoms with van der Waals surface area (Å²) in [7, 11) is 0. The molecule has 0 radical (unpaired) electrons. The summed E-state index contributed by atoms with van der Waals surface area (Å²) in [6.07, 6.45) is 44.4. The van der Waals surface area contributed by atoms with Crippen LogP contribution in [-0.2, 0) is 0 Å². The molecule has 0 heterocycles. The van der Waals surface area contributed by atoms with Crippen LogP contribution in [0.25, 0.3) is 0 Å². The zero-order chi connectivity index (χ0) is 21.5. The van der Waals surface area contributed by atoms with Crippen molar-refractivity contribution in [3.05, 3.63) is 110 Å². The molecule has 9 atom stereocenters. The van der Waals surface area contributed by atoms with Crippen LogP contribution in [-0.4, -0.2) is 0 Å². The monoisotopic (exact) mass is 420 g/mol. The van der Waals surface area contributed by atoms with E-state index in [4.69, 9.17) is 0 Å². The fraction of sp³-hybridized carbons (Fsp3) is 0.438. The maximum atomic E-state index is 4.09. The molecule has 0 bridgehead atoms. The quantitative estimate of drug-likeness (QED) is 0.387. The third kappa shape index (κ3) is 3.26. The Kier molecular flexibility index (Phi) is 5.41. The fourth-order valence-corrected chi connectivity index (χ4v) is 8.34. The third-order valence-electron chi connectivity index (χ3n) is 9.52. The molecule has 9 unspecified atom stereocenters. The van der Waals surface area contributed by atoms with Gasteiger partial charge < -0.3 is 0 Å². The first-order valence-electron chi connectivity index (χ1n) is 12.9. The Labute approximate surface area is 194 Å². The molecule has 164 valence electrons. The van der Waals surface area contributed by atoms with Crippen LogP contribution in [0.1, 0.15) is 19.3 Å². The zero-order valence-electron chi connectivity index (χ0n) is 19.0. The normalized spacial score (nSPS) is 44.9. The van der Waals surface area contributed by atoms with Crippen molar-refractivity contribution < 1.29 is 0 Å². The Bertz CT molecular complexity index is 894. The first-order valence-corrected chi connectivity index (χ1v) is 12.9. The predicted octanol–water partition coefficient (Wildman–Crippen LogP) is 7.65. The predicted molar refractivity (Wildman–Crippen MR) is 136 cm³/mol. The molecule has 32 heavy (non-hydrogen) atoms. The van der Waals surface area contributed by atoms with Crippen molar-refractivity contribution in [2.45, 2.75) is 19.3 Å². The number of fused-ring (bicyclic) bond motifs is 6. The van der Waals surface area contributed by atoms with Crippen LogP contribution in [0.15, 0.2) is 110 Å². The Balaban J connectivity index is 1.33. The number of rotatable bonds is 6. The molecule has 0 spiro atoms. The van der Waals surface area contributed by atoms with Gasteiger partial charge in [0.2, 0.25) is 0 Å². The zero-order valence-corrected chi connectivity index (χ0v) is 19.0. The van der Waals surface area contributed by atoms with E-state index in [2.05, 4.69) is 110 Å². The lowest BCUT2D eigenvalue weighted by molar-refractivity contribution is 0.170. The molecule has 6 aliphatic carbocycles. The van der Waals surface area contributed by atoms with Crippen molar-refractivity contribution in [3.63, 3.8) is 0 Å². The Hall–Kier alpha value is -2.34. The molecular weight excluding hydrogens is 384 g/mol. The molecule has 0 nitrogen and oxygen atoms in total. The number of allylic oxidation sites excluding steroid dienone is 17. The minimum atomic E-state index is 0.668. The third-order valence-corrected chi connectivity index (χ3v) is 9.52. The average Bonchev–Trinajstić information content (AvgIpc) is 3.35. The van der Waals surface area contributed by atoms with Crippen LogP contribution in [0.2, 0.25) is 0 Å². The summed E-state index contributed by atoms with van der Waals surface area (Å²) in [4.78, 5) is 0. The molecule has 6 aliphatic rings. The topological polar surface area (TPSA) is 0 Å². The van der Waals surface area contributed by atoms with E-state index in [0.29, 0.717) is 47.3 Å². The van der Waals surface area contributed by atoms with E-state index in [1.807, 2.05) is 0 Å². The van der Waals surface area contributed by atoms with Gasteiger partial charge in [-0.3, -0.25) is 0 Å². The largest absolute Gasteiger partial charge is 0.103 e. The standard InChI is InChI=1S/C32H36/c1-2-3-12-22(32-29-19-10-8-15-25(29)26-16-9-11-20-30(26)32)21-31-27-17-6-4-13-23(27)24-14-5-7-18-28(24)31/h2,4-11,13-20,22-32H,1,3,12,21H2. The van der Waals surface area contributed by atoms with Crippen molar-refractivity contribution in [2.24, 2.45) is 65.1 Å². The van der Waals surface area contributed by atoms with E-state index in [1.54, 1.807) is 0 Å². The van der Waals surface area contributed by atoms with Crippen LogP contribution in [0, 0.1) is 65.1 Å². The van der Waals surface area contributed by atoms with Crippen molar-refractivity contribution in [1.29, 1.82) is 0 Å². The van der Waals surface area contributed by atoms with Crippen LogP contribution in [0.4, 0.5) is 0 Å². The molecule has 0 aromatic carbocycles. The maximum absolute atomic E-state index is 4.09. The second kappa shape index (κ2) is 8.54. The number of hydrogen-bond acceptors (Lipinski definition) is 0. The van der Waals surface area contributed by atoms with E-state index in [-0.39, 0.29) is 0 Å². The summed E-state index contributed by atoms with van der Waals surface area (Å²) in [5.74, 6) is 7.62. The van der Waals surface area contributed by atoms with Gasteiger partial charge in [-0.05, 0) is 84.4 Å². The highest BCUT2D eigenvalue weighted by Crippen LogP contribution is 2.58. The highest BCUT2D eigenvalue weighted by atomic mass is 14.6. The SMILES string of the molecule is C=CCCC(CC1C2C=CC=CC2C2C=CC=CC21)C1C2C=CC=CC2C2C=CC=CC21. The summed E-state index contributed by atoms with van der Waals surface area (Å²) in [5.41, 5.74) is 0. The highest BCUT2D eigenvalue weighted by molar-refractivity contribution is 5.31. The molecular formula is C32H36. The van der Waals surface area contributed by atoms with Gasteiger partial charge >= 0.3 is 0 Å². The molecule has 0 amide bonds. The molecule has 0 heteroatoms. The molecule has 0 N–H and O–H groups in total. The lowest BCUT2D eigenvalue weighted by Crippen LogP contribution is -2.30. The summed E-state index contributed by atoms with van der Waals surface area (Å²) >= 11 is 0. The Morgan fingerprint density at radius 2 is 0.906 bits per heavy atom. The minimum Gasteiger partial charge on any atom is -0.103 e. The minimum absolute atomic E-state index is 0.668. The second-order valence-electron chi connectivity index (χ2n) is 10.8. The fourth-order valence-electron chi connectivity index (χ4n) is 8.34. The Morgan fingerprint density at radius 1 is 0.531 bits per heavy atom. The summed E-state index contributed by atoms with van der Waals surface area (Å²) in [5, 5.41) is 0. The van der Waals surface area contributed by atoms with E-state index in [9.17, 15) is 0 Å². The van der Waals surface area contributed by atoms with Gasteiger partial charge in [0.1, 0.15) is 0 Å². The molecule has 0 aliphatic heterocycles. The maximum Gasteiger partial charge on any atom is -0.00955 e. The van der Waals surface area contributed by atoms with Gasteiger partial charge in [0, 0.05) is 0 Å². The summed E-state index contributed by atoms with van der Waals surface area (Å²) in [6.45, 7) is 4.09. The van der Waals surface area contributed by atoms with Crippen molar-refractivity contribution >= 4 is 0 Å². The molecule has 2 saturated carbocycles. The van der Waals surface area contributed by atoms with Gasteiger partial charge in [0.25, 0.3) is 0 Å². The molecule has 0 aromatic heterocycles. The molecule has 2 fully saturated rings. The highest BCUT2D eigenvalue weighted by Gasteiger charge is 2.52. The van der Waals surface area contributed by atoms with Crippen LogP contribution >= 0.6 is 0 Å². The van der Waals surface area contributed by atoms with Crippen LogP contribution in [0.5, 0.6) is 0 Å². The van der Waals surface area contributed by atoms with Crippen LogP contribution < -0.4 is 0 Å². The van der Waals surface area contributed by atoms with Crippen molar-refractivity contribution in [1.82, 2.24) is 0 Å². The van der Waals surface area contributed by atoms with E-state index in [0.717, 1.165) is 24.2 Å². The first kappa shape index (κ1) is 20.3. The molecule has 6 rings (SSSR count). The first-order chi connectivity index (χ1) is 15.9. The van der Waals surface area contributed by atoms with Crippen molar-refractivity contribution in [3.8, 4) is 0 Å². The van der Waals surface area contributed by atoms with E-state index in [1.165, 1.54) is 12.8 Å². The van der Waals surface area contributed by atoms with Gasteiger partial charge in [0.05, 0.1) is 0 Å². The van der Waals surface area contributed by atoms with Gasteiger partial charge in [-0.2, -0.15) is 0 Å². The van der Waals surface area contributed by atoms with E-state index >= 15 is 0 Å². The second-order valence-corrected chi connectivity index (χ2v) is 10.8. The van der Waals surface area contributed by atoms with Crippen LogP contribution in [0.3, 0.4) is 0 Å². The van der Waals surface area contributed by atoms with Gasteiger partial charge in [-0.1, -0.05) is 103 Å². The summed E-state index contributed by atoms with van der Waals surface area (Å²) in [6, 6.07) is 0. The summed E-state index contributed by atoms with van der Waals surface area (Å²) < 4.78 is 0. The van der Waals surface area contributed by atoms with Gasteiger partial charge in [-0.15, -0.1) is 6.58 Å². The molecule has 0 saturated heterocycles. The Morgan fingerprint density at radius 3 is 1.34 bits per heavy atom.